The molecule has 4 aliphatic carbocycles. The van der Waals surface area contributed by atoms with Gasteiger partial charge >= 0.3 is 0 Å². The number of nitrogens with zero attached hydrogens (tertiary/aromatic N) is 1. The molecule has 4 fully saturated rings. The summed E-state index contributed by atoms with van der Waals surface area (Å²) >= 11 is 0. The topological polar surface area (TPSA) is 38.8 Å². The zero-order chi connectivity index (χ0) is 21.2. The number of allylic oxidation sites excluding steroid dienone is 2. The fourth-order valence-corrected chi connectivity index (χ4v) is 7.67. The van der Waals surface area contributed by atoms with Gasteiger partial charge in [-0.3, -0.25) is 4.79 Å². The van der Waals surface area contributed by atoms with Crippen LogP contribution in [-0.2, 0) is 14.3 Å². The van der Waals surface area contributed by atoms with Crippen molar-refractivity contribution in [3.05, 3.63) is 41.0 Å². The van der Waals surface area contributed by atoms with Crippen molar-refractivity contribution >= 4 is 11.5 Å². The van der Waals surface area contributed by atoms with E-state index in [0.29, 0.717) is 29.5 Å². The van der Waals surface area contributed by atoms with Gasteiger partial charge in [0.05, 0.1) is 13.2 Å². The van der Waals surface area contributed by atoms with Gasteiger partial charge in [-0.2, -0.15) is 0 Å². The van der Waals surface area contributed by atoms with Gasteiger partial charge in [0, 0.05) is 50.9 Å². The number of anilines is 1. The Morgan fingerprint density at radius 1 is 0.968 bits per heavy atom. The van der Waals surface area contributed by atoms with Crippen LogP contribution in [0.3, 0.4) is 0 Å². The van der Waals surface area contributed by atoms with Crippen LogP contribution >= 0.6 is 0 Å². The number of fused-ring (bicyclic) bond motifs is 4. The molecule has 5 aliphatic rings. The molecule has 0 amide bonds. The third-order valence-corrected chi connectivity index (χ3v) is 9.08. The Morgan fingerprint density at radius 3 is 2.48 bits per heavy atom. The van der Waals surface area contributed by atoms with E-state index in [1.807, 2.05) is 0 Å². The van der Waals surface area contributed by atoms with Crippen molar-refractivity contribution in [2.75, 3.05) is 32.2 Å². The molecule has 0 aromatic heterocycles. The zero-order valence-electron chi connectivity index (χ0n) is 18.9. The molecule has 0 bridgehead atoms. The summed E-state index contributed by atoms with van der Waals surface area (Å²) in [5.74, 6) is 2.68. The Kier molecular flexibility index (Phi) is 4.81. The van der Waals surface area contributed by atoms with E-state index in [4.69, 9.17) is 9.47 Å². The molecule has 6 rings (SSSR count). The van der Waals surface area contributed by atoms with Crippen LogP contribution in [0.2, 0.25) is 0 Å². The lowest BCUT2D eigenvalue weighted by Crippen LogP contribution is -2.43. The standard InChI is InChI=1S/C27H35NO3/c1-28(2)19-6-3-17(4-7-19)23-15-24-21(9-10-25(24)29)22-8-5-18-16-27(30-13-14-31-27)12-11-20(18)26(22)23/h3-4,6-7,18,21-24H,5,8-16H2,1-2H3. The van der Waals surface area contributed by atoms with E-state index in [0.717, 1.165) is 51.7 Å². The summed E-state index contributed by atoms with van der Waals surface area (Å²) in [5.41, 5.74) is 6.07. The molecular weight excluding hydrogens is 386 g/mol. The van der Waals surface area contributed by atoms with Crippen LogP contribution in [0.25, 0.3) is 0 Å². The minimum atomic E-state index is -0.315. The predicted molar refractivity (Wildman–Crippen MR) is 121 cm³/mol. The number of carbonyl (C=O) groups is 1. The van der Waals surface area contributed by atoms with Crippen molar-refractivity contribution in [3.63, 3.8) is 0 Å². The summed E-state index contributed by atoms with van der Waals surface area (Å²) in [6, 6.07) is 9.13. The van der Waals surface area contributed by atoms with Crippen molar-refractivity contribution < 1.29 is 14.3 Å². The van der Waals surface area contributed by atoms with Crippen LogP contribution in [0.1, 0.15) is 62.8 Å². The van der Waals surface area contributed by atoms with Crippen LogP contribution in [0.4, 0.5) is 5.69 Å². The Hall–Kier alpha value is -1.65. The van der Waals surface area contributed by atoms with E-state index in [-0.39, 0.29) is 11.7 Å². The molecule has 4 nitrogen and oxygen atoms in total. The molecule has 1 heterocycles. The molecular formula is C27H35NO3. The van der Waals surface area contributed by atoms with Gasteiger partial charge < -0.3 is 14.4 Å². The molecule has 1 saturated heterocycles. The minimum Gasteiger partial charge on any atom is -0.378 e. The molecule has 1 aromatic rings. The van der Waals surface area contributed by atoms with Crippen LogP contribution in [0, 0.1) is 23.7 Å². The van der Waals surface area contributed by atoms with Gasteiger partial charge in [-0.1, -0.05) is 23.3 Å². The maximum absolute atomic E-state index is 12.8. The summed E-state index contributed by atoms with van der Waals surface area (Å²) in [6.07, 6.45) is 8.53. The smallest absolute Gasteiger partial charge is 0.169 e. The number of hydrogen-bond donors (Lipinski definition) is 0. The van der Waals surface area contributed by atoms with Crippen LogP contribution in [0.15, 0.2) is 35.4 Å². The number of hydrogen-bond acceptors (Lipinski definition) is 4. The van der Waals surface area contributed by atoms with Crippen molar-refractivity contribution in [1.82, 2.24) is 0 Å². The molecule has 1 spiro atoms. The molecule has 5 atom stereocenters. The van der Waals surface area contributed by atoms with Crippen LogP contribution in [-0.4, -0.2) is 38.9 Å². The average Bonchev–Trinajstić information content (AvgIpc) is 3.39. The molecule has 1 aromatic carbocycles. The predicted octanol–water partition coefficient (Wildman–Crippen LogP) is 5.09. The minimum absolute atomic E-state index is 0.279. The van der Waals surface area contributed by atoms with E-state index >= 15 is 0 Å². The number of ketones is 1. The van der Waals surface area contributed by atoms with E-state index in [9.17, 15) is 4.79 Å². The van der Waals surface area contributed by atoms with Crippen molar-refractivity contribution in [1.29, 1.82) is 0 Å². The van der Waals surface area contributed by atoms with E-state index in [1.165, 1.54) is 24.1 Å². The first-order valence-electron chi connectivity index (χ1n) is 12.4. The Morgan fingerprint density at radius 2 is 1.74 bits per heavy atom. The quantitative estimate of drug-likeness (QED) is 0.624. The van der Waals surface area contributed by atoms with Gasteiger partial charge in [-0.15, -0.1) is 0 Å². The highest BCUT2D eigenvalue weighted by Gasteiger charge is 2.52. The second-order valence-corrected chi connectivity index (χ2v) is 10.7. The van der Waals surface area contributed by atoms with E-state index < -0.39 is 0 Å². The van der Waals surface area contributed by atoms with Crippen LogP contribution in [0.5, 0.6) is 0 Å². The van der Waals surface area contributed by atoms with Crippen molar-refractivity contribution in [3.8, 4) is 0 Å². The number of rotatable bonds is 2. The van der Waals surface area contributed by atoms with Crippen molar-refractivity contribution in [2.45, 2.75) is 63.1 Å². The van der Waals surface area contributed by atoms with Gasteiger partial charge in [0.15, 0.2) is 5.79 Å². The second-order valence-electron chi connectivity index (χ2n) is 10.7. The maximum Gasteiger partial charge on any atom is 0.169 e. The fraction of sp³-hybridized carbons (Fsp3) is 0.667. The molecule has 1 aliphatic heterocycles. The first-order valence-corrected chi connectivity index (χ1v) is 12.4. The molecule has 166 valence electrons. The first kappa shape index (κ1) is 20.0. The molecule has 31 heavy (non-hydrogen) atoms. The monoisotopic (exact) mass is 421 g/mol. The largest absolute Gasteiger partial charge is 0.378 e. The molecule has 5 unspecified atom stereocenters. The SMILES string of the molecule is CN(C)c1ccc(C2CC3C(=O)CCC3C3CCC4CC5(CCC4=C23)OCCO5)cc1. The zero-order valence-corrected chi connectivity index (χ0v) is 18.9. The van der Waals surface area contributed by atoms with Gasteiger partial charge in [0.1, 0.15) is 5.78 Å². The average molecular weight is 422 g/mol. The lowest BCUT2D eigenvalue weighted by atomic mass is 9.56. The number of benzene rings is 1. The normalized spacial score (nSPS) is 36.3. The number of ether oxygens (including phenoxy) is 2. The van der Waals surface area contributed by atoms with E-state index in [2.05, 4.69) is 43.3 Å². The first-order chi connectivity index (χ1) is 15.0. The van der Waals surface area contributed by atoms with Crippen LogP contribution < -0.4 is 4.90 Å². The van der Waals surface area contributed by atoms with Gasteiger partial charge in [0.2, 0.25) is 0 Å². The summed E-state index contributed by atoms with van der Waals surface area (Å²) in [6.45, 7) is 1.49. The Bertz CT molecular complexity index is 896. The maximum atomic E-state index is 12.8. The highest BCUT2D eigenvalue weighted by atomic mass is 16.7. The molecule has 0 N–H and O–H groups in total. The fourth-order valence-electron chi connectivity index (χ4n) is 7.67. The summed E-state index contributed by atoms with van der Waals surface area (Å²) in [7, 11) is 4.18. The third kappa shape index (κ3) is 3.21. The molecule has 0 radical (unpaired) electrons. The van der Waals surface area contributed by atoms with Crippen molar-refractivity contribution in [2.24, 2.45) is 23.7 Å². The number of carbonyl (C=O) groups excluding carboxylic acids is 1. The lowest BCUT2D eigenvalue weighted by Gasteiger charge is -2.49. The highest BCUT2D eigenvalue weighted by molar-refractivity contribution is 5.84. The molecule has 4 heteroatoms. The van der Waals surface area contributed by atoms with Gasteiger partial charge in [-0.05, 0) is 67.6 Å². The third-order valence-electron chi connectivity index (χ3n) is 9.08. The Labute approximate surface area is 186 Å². The van der Waals surface area contributed by atoms with E-state index in [1.54, 1.807) is 11.1 Å². The molecule has 3 saturated carbocycles. The van der Waals surface area contributed by atoms with Gasteiger partial charge in [-0.25, -0.2) is 0 Å². The Balaban J connectivity index is 1.40. The highest BCUT2D eigenvalue weighted by Crippen LogP contribution is 2.59. The summed E-state index contributed by atoms with van der Waals surface area (Å²) < 4.78 is 12.2. The van der Waals surface area contributed by atoms with Gasteiger partial charge in [0.25, 0.3) is 0 Å². The summed E-state index contributed by atoms with van der Waals surface area (Å²) in [5, 5.41) is 0. The second kappa shape index (κ2) is 7.45. The number of Topliss-reactive ketones (excluding diaryl/α,β-unsaturated/α-hetero) is 1. The summed E-state index contributed by atoms with van der Waals surface area (Å²) in [4.78, 5) is 15.0. The lowest BCUT2D eigenvalue weighted by molar-refractivity contribution is -0.181.